The molecule has 0 aliphatic carbocycles. The van der Waals surface area contributed by atoms with E-state index < -0.39 is 29.3 Å². The molecular formula is C34H33F2N3O. The molecule has 3 N–H and O–H groups in total. The lowest BCUT2D eigenvalue weighted by Crippen LogP contribution is -2.55. The Morgan fingerprint density at radius 1 is 0.875 bits per heavy atom. The Balaban J connectivity index is 1.56. The Kier molecular flexibility index (Phi) is 6.69. The molecule has 5 aromatic rings. The number of fused-ring (bicyclic) bond motifs is 2. The third-order valence-corrected chi connectivity index (χ3v) is 8.09. The maximum atomic E-state index is 16.9. The number of aryl methyl sites for hydroxylation is 1. The third-order valence-electron chi connectivity index (χ3n) is 8.09. The summed E-state index contributed by atoms with van der Waals surface area (Å²) >= 11 is 0. The van der Waals surface area contributed by atoms with E-state index in [0.29, 0.717) is 29.9 Å². The second kappa shape index (κ2) is 10.2. The second-order valence-electron chi connectivity index (χ2n) is 11.3. The fraction of sp³-hybridized carbons (Fsp3) is 0.235. The summed E-state index contributed by atoms with van der Waals surface area (Å²) in [5, 5.41) is 16.0. The van der Waals surface area contributed by atoms with Gasteiger partial charge in [0, 0.05) is 41.5 Å². The van der Waals surface area contributed by atoms with Gasteiger partial charge in [-0.1, -0.05) is 78.9 Å². The SMILES string of the molecule is Cc1c[nH]c2c(-c3c(F)cc4c(c3F)C(N(Cc3ccccc3)Cc3ccccc3)[C@@H](O)C(C)(C)N4)cccc12. The number of rotatable bonds is 6. The zero-order valence-corrected chi connectivity index (χ0v) is 22.9. The van der Waals surface area contributed by atoms with Crippen molar-refractivity contribution >= 4 is 16.6 Å². The molecule has 6 heteroatoms. The number of aromatic amines is 1. The van der Waals surface area contributed by atoms with Gasteiger partial charge in [0.2, 0.25) is 0 Å². The summed E-state index contributed by atoms with van der Waals surface area (Å²) in [6, 6.07) is 26.1. The molecule has 4 aromatic carbocycles. The van der Waals surface area contributed by atoms with Gasteiger partial charge >= 0.3 is 0 Å². The van der Waals surface area contributed by atoms with Gasteiger partial charge in [-0.15, -0.1) is 0 Å². The Morgan fingerprint density at radius 2 is 1.50 bits per heavy atom. The Bertz CT molecular complexity index is 1620. The second-order valence-corrected chi connectivity index (χ2v) is 11.3. The largest absolute Gasteiger partial charge is 0.389 e. The molecule has 6 rings (SSSR count). The minimum Gasteiger partial charge on any atom is -0.389 e. The number of nitrogens with one attached hydrogen (secondary N) is 2. The first-order valence-electron chi connectivity index (χ1n) is 13.6. The van der Waals surface area contributed by atoms with E-state index in [1.165, 1.54) is 6.07 Å². The van der Waals surface area contributed by atoms with Crippen LogP contribution in [0.5, 0.6) is 0 Å². The summed E-state index contributed by atoms with van der Waals surface area (Å²) in [6.07, 6.45) is 0.865. The van der Waals surface area contributed by atoms with Gasteiger partial charge in [-0.2, -0.15) is 0 Å². The molecular weight excluding hydrogens is 504 g/mol. The van der Waals surface area contributed by atoms with Crippen molar-refractivity contribution in [1.82, 2.24) is 9.88 Å². The minimum absolute atomic E-state index is 0.0933. The van der Waals surface area contributed by atoms with Crippen molar-refractivity contribution in [3.63, 3.8) is 0 Å². The highest BCUT2D eigenvalue weighted by Crippen LogP contribution is 2.47. The quantitative estimate of drug-likeness (QED) is 0.208. The number of nitrogens with zero attached hydrogens (tertiary/aromatic N) is 1. The molecule has 0 saturated heterocycles. The van der Waals surface area contributed by atoms with E-state index in [1.807, 2.05) is 99.8 Å². The van der Waals surface area contributed by atoms with Crippen molar-refractivity contribution < 1.29 is 13.9 Å². The fourth-order valence-corrected chi connectivity index (χ4v) is 6.02. The van der Waals surface area contributed by atoms with Crippen LogP contribution in [0, 0.1) is 18.6 Å². The number of halogens is 2. The van der Waals surface area contributed by atoms with Crippen LogP contribution in [0.25, 0.3) is 22.0 Å². The number of para-hydroxylation sites is 1. The molecule has 1 aliphatic rings. The number of hydrogen-bond donors (Lipinski definition) is 3. The van der Waals surface area contributed by atoms with Crippen molar-refractivity contribution in [2.75, 3.05) is 5.32 Å². The number of anilines is 1. The molecule has 2 heterocycles. The molecule has 1 aliphatic heterocycles. The van der Waals surface area contributed by atoms with E-state index in [2.05, 4.69) is 15.2 Å². The van der Waals surface area contributed by atoms with Gasteiger partial charge in [-0.25, -0.2) is 8.78 Å². The number of hydrogen-bond acceptors (Lipinski definition) is 3. The van der Waals surface area contributed by atoms with E-state index in [4.69, 9.17) is 0 Å². The summed E-state index contributed by atoms with van der Waals surface area (Å²) in [6.45, 7) is 6.65. The number of aromatic nitrogens is 1. The van der Waals surface area contributed by atoms with E-state index in [0.717, 1.165) is 22.1 Å². The zero-order chi connectivity index (χ0) is 28.0. The molecule has 204 valence electrons. The monoisotopic (exact) mass is 537 g/mol. The van der Waals surface area contributed by atoms with Gasteiger partial charge in [0.05, 0.1) is 28.8 Å². The predicted molar refractivity (Wildman–Crippen MR) is 157 cm³/mol. The normalized spacial score (nSPS) is 18.1. The molecule has 0 bridgehead atoms. The van der Waals surface area contributed by atoms with Crippen LogP contribution in [0.4, 0.5) is 14.5 Å². The maximum absolute atomic E-state index is 16.9. The Morgan fingerprint density at radius 3 is 2.12 bits per heavy atom. The van der Waals surface area contributed by atoms with Crippen molar-refractivity contribution in [1.29, 1.82) is 0 Å². The minimum atomic E-state index is -0.983. The highest BCUT2D eigenvalue weighted by atomic mass is 19.1. The maximum Gasteiger partial charge on any atom is 0.141 e. The highest BCUT2D eigenvalue weighted by Gasteiger charge is 2.46. The number of benzene rings is 4. The Labute approximate surface area is 233 Å². The van der Waals surface area contributed by atoms with E-state index in [9.17, 15) is 5.11 Å². The van der Waals surface area contributed by atoms with Crippen LogP contribution in [0.15, 0.2) is 91.1 Å². The smallest absolute Gasteiger partial charge is 0.141 e. The van der Waals surface area contributed by atoms with Crippen LogP contribution in [-0.2, 0) is 13.1 Å². The van der Waals surface area contributed by atoms with E-state index in [1.54, 1.807) is 6.07 Å². The summed E-state index contributed by atoms with van der Waals surface area (Å²) in [5.74, 6) is -1.31. The van der Waals surface area contributed by atoms with Crippen molar-refractivity contribution in [3.8, 4) is 11.1 Å². The van der Waals surface area contributed by atoms with Gasteiger partial charge < -0.3 is 15.4 Å². The molecule has 1 unspecified atom stereocenters. The van der Waals surface area contributed by atoms with Gasteiger partial charge in [0.1, 0.15) is 11.6 Å². The summed E-state index contributed by atoms with van der Waals surface area (Å²) in [4.78, 5) is 5.30. The molecule has 0 fully saturated rings. The Hall–Kier alpha value is -4.00. The standard InChI is InChI=1S/C34H33F2N3O/c1-21-18-37-31-24(21)15-10-16-25(31)28-26(35)17-27-29(30(28)36)32(33(40)34(2,3)38-27)39(19-22-11-6-4-7-12-22)20-23-13-8-5-9-14-23/h4-18,32-33,37-38,40H,19-20H2,1-3H3/t32?,33-/m1/s1. The predicted octanol–water partition coefficient (Wildman–Crippen LogP) is 7.73. The highest BCUT2D eigenvalue weighted by molar-refractivity contribution is 5.96. The van der Waals surface area contributed by atoms with Crippen molar-refractivity contribution in [3.05, 3.63) is 125 Å². The molecule has 1 aromatic heterocycles. The van der Waals surface area contributed by atoms with E-state index in [-0.39, 0.29) is 11.1 Å². The van der Waals surface area contributed by atoms with Crippen LogP contribution in [-0.4, -0.2) is 26.6 Å². The average Bonchev–Trinajstić information content (AvgIpc) is 3.32. The first-order valence-corrected chi connectivity index (χ1v) is 13.6. The van der Waals surface area contributed by atoms with Gasteiger partial charge in [0.15, 0.2) is 0 Å². The first-order chi connectivity index (χ1) is 19.2. The van der Waals surface area contributed by atoms with Crippen molar-refractivity contribution in [2.24, 2.45) is 0 Å². The summed E-state index contributed by atoms with van der Waals surface area (Å²) in [7, 11) is 0. The first kappa shape index (κ1) is 26.2. The van der Waals surface area contributed by atoms with Crippen LogP contribution in [0.2, 0.25) is 0 Å². The van der Waals surface area contributed by atoms with Crippen molar-refractivity contribution in [2.45, 2.75) is 51.5 Å². The lowest BCUT2D eigenvalue weighted by atomic mass is 9.79. The van der Waals surface area contributed by atoms with Crippen LogP contribution >= 0.6 is 0 Å². The fourth-order valence-electron chi connectivity index (χ4n) is 6.02. The average molecular weight is 538 g/mol. The van der Waals surface area contributed by atoms with Gasteiger partial charge in [-0.3, -0.25) is 4.90 Å². The van der Waals surface area contributed by atoms with Crippen LogP contribution in [0.3, 0.4) is 0 Å². The molecule has 0 amide bonds. The lowest BCUT2D eigenvalue weighted by molar-refractivity contribution is -0.00193. The number of aliphatic hydroxyl groups excluding tert-OH is 1. The number of H-pyrrole nitrogens is 1. The molecule has 0 saturated carbocycles. The lowest BCUT2D eigenvalue weighted by Gasteiger charge is -2.48. The van der Waals surface area contributed by atoms with Crippen LogP contribution in [0.1, 0.15) is 42.1 Å². The van der Waals surface area contributed by atoms with Crippen LogP contribution < -0.4 is 5.32 Å². The molecule has 0 radical (unpaired) electrons. The molecule has 40 heavy (non-hydrogen) atoms. The van der Waals surface area contributed by atoms with Gasteiger partial charge in [-0.05, 0) is 43.5 Å². The topological polar surface area (TPSA) is 51.3 Å². The summed E-state index contributed by atoms with van der Waals surface area (Å²) < 4.78 is 32.8. The van der Waals surface area contributed by atoms with Gasteiger partial charge in [0.25, 0.3) is 0 Å². The zero-order valence-electron chi connectivity index (χ0n) is 22.9. The molecule has 4 nitrogen and oxygen atoms in total. The summed E-state index contributed by atoms with van der Waals surface area (Å²) in [5.41, 5.74) is 3.93. The third kappa shape index (κ3) is 4.57. The molecule has 0 spiro atoms. The number of aliphatic hydroxyl groups is 1. The molecule has 2 atom stereocenters. The van der Waals surface area contributed by atoms with E-state index >= 15 is 8.78 Å².